The predicted octanol–water partition coefficient (Wildman–Crippen LogP) is 2.08. The second kappa shape index (κ2) is 4.23. The molecule has 82 valence electrons. The maximum atomic E-state index is 11.5. The van der Waals surface area contributed by atoms with Gasteiger partial charge >= 0.3 is 0 Å². The van der Waals surface area contributed by atoms with Crippen LogP contribution in [-0.2, 0) is 4.79 Å². The van der Waals surface area contributed by atoms with Crippen LogP contribution in [0.1, 0.15) is 12.5 Å². The van der Waals surface area contributed by atoms with Crippen molar-refractivity contribution in [2.24, 2.45) is 0 Å². The van der Waals surface area contributed by atoms with Crippen molar-refractivity contribution in [3.63, 3.8) is 0 Å². The molecule has 16 heavy (non-hydrogen) atoms. The van der Waals surface area contributed by atoms with Gasteiger partial charge in [0.1, 0.15) is 5.70 Å². The Balaban J connectivity index is 2.41. The van der Waals surface area contributed by atoms with Gasteiger partial charge in [-0.05, 0) is 42.4 Å². The summed E-state index contributed by atoms with van der Waals surface area (Å²) in [6, 6.07) is 7.29. The smallest absolute Gasteiger partial charge is 0.274 e. The second-order valence-corrected chi connectivity index (χ2v) is 4.26. The minimum atomic E-state index is -0.197. The first-order chi connectivity index (χ1) is 7.58. The van der Waals surface area contributed by atoms with Gasteiger partial charge in [-0.1, -0.05) is 23.7 Å². The van der Waals surface area contributed by atoms with Crippen molar-refractivity contribution >= 4 is 40.4 Å². The number of carbonyl (C=O) groups excluding carboxylic acids is 1. The summed E-state index contributed by atoms with van der Waals surface area (Å²) in [6.45, 7) is 1.86. The van der Waals surface area contributed by atoms with Crippen LogP contribution in [0.5, 0.6) is 0 Å². The Bertz CT molecular complexity index is 493. The second-order valence-electron chi connectivity index (χ2n) is 3.42. The molecule has 0 aromatic heterocycles. The van der Waals surface area contributed by atoms with Gasteiger partial charge in [0, 0.05) is 5.02 Å². The van der Waals surface area contributed by atoms with Crippen LogP contribution in [0.3, 0.4) is 0 Å². The third-order valence-corrected chi connectivity index (χ3v) is 2.80. The summed E-state index contributed by atoms with van der Waals surface area (Å²) in [5, 5.41) is 6.37. The van der Waals surface area contributed by atoms with Gasteiger partial charge in [0.2, 0.25) is 0 Å². The summed E-state index contributed by atoms with van der Waals surface area (Å²) in [4.78, 5) is 11.5. The van der Waals surface area contributed by atoms with Gasteiger partial charge in [0.05, 0.1) is 0 Å². The Hall–Kier alpha value is -1.39. The van der Waals surface area contributed by atoms with E-state index < -0.39 is 0 Å². The topological polar surface area (TPSA) is 41.1 Å². The lowest BCUT2D eigenvalue weighted by Gasteiger charge is -2.04. The van der Waals surface area contributed by atoms with Crippen LogP contribution < -0.4 is 10.6 Å². The number of hydrogen-bond donors (Lipinski definition) is 2. The number of carbonyl (C=O) groups is 1. The predicted molar refractivity (Wildman–Crippen MR) is 67.9 cm³/mol. The van der Waals surface area contributed by atoms with Gasteiger partial charge in [-0.15, -0.1) is 0 Å². The Morgan fingerprint density at radius 2 is 1.88 bits per heavy atom. The van der Waals surface area contributed by atoms with E-state index in [1.54, 1.807) is 12.1 Å². The van der Waals surface area contributed by atoms with E-state index in [9.17, 15) is 4.79 Å². The maximum absolute atomic E-state index is 11.5. The van der Waals surface area contributed by atoms with E-state index in [4.69, 9.17) is 23.8 Å². The molecule has 0 saturated carbocycles. The molecule has 1 saturated heterocycles. The molecule has 1 amide bonds. The Morgan fingerprint density at radius 1 is 1.25 bits per heavy atom. The fourth-order valence-corrected chi connectivity index (χ4v) is 1.80. The molecule has 1 aromatic carbocycles. The molecule has 0 unspecified atom stereocenters. The highest BCUT2D eigenvalue weighted by Gasteiger charge is 2.22. The van der Waals surface area contributed by atoms with E-state index >= 15 is 0 Å². The summed E-state index contributed by atoms with van der Waals surface area (Å²) < 4.78 is 0. The van der Waals surface area contributed by atoms with Crippen molar-refractivity contribution in [2.45, 2.75) is 6.92 Å². The number of benzene rings is 1. The van der Waals surface area contributed by atoms with Crippen LogP contribution in [0.4, 0.5) is 0 Å². The zero-order chi connectivity index (χ0) is 11.7. The average Bonchev–Trinajstić information content (AvgIpc) is 2.58. The van der Waals surface area contributed by atoms with E-state index in [0.717, 1.165) is 11.1 Å². The molecule has 0 bridgehead atoms. The summed E-state index contributed by atoms with van der Waals surface area (Å²) in [5.74, 6) is -0.197. The highest BCUT2D eigenvalue weighted by molar-refractivity contribution is 7.80. The monoisotopic (exact) mass is 252 g/mol. The largest absolute Gasteiger partial charge is 0.328 e. The number of allylic oxidation sites excluding steroid dienone is 1. The van der Waals surface area contributed by atoms with Crippen molar-refractivity contribution < 1.29 is 4.79 Å². The molecule has 1 heterocycles. The van der Waals surface area contributed by atoms with Crippen LogP contribution in [0.2, 0.25) is 5.02 Å². The van der Waals surface area contributed by atoms with E-state index in [0.29, 0.717) is 15.8 Å². The first kappa shape index (κ1) is 11.1. The van der Waals surface area contributed by atoms with Crippen molar-refractivity contribution in [3.05, 3.63) is 40.5 Å². The molecule has 0 atom stereocenters. The Labute approximate surface area is 103 Å². The molecule has 3 nitrogen and oxygen atoms in total. The maximum Gasteiger partial charge on any atom is 0.274 e. The minimum absolute atomic E-state index is 0.197. The van der Waals surface area contributed by atoms with Gasteiger partial charge in [0.15, 0.2) is 5.11 Å². The Morgan fingerprint density at radius 3 is 2.38 bits per heavy atom. The molecule has 0 radical (unpaired) electrons. The van der Waals surface area contributed by atoms with Gasteiger partial charge < -0.3 is 5.32 Å². The molecular weight excluding hydrogens is 244 g/mol. The molecule has 1 aliphatic heterocycles. The van der Waals surface area contributed by atoms with Gasteiger partial charge in [-0.25, -0.2) is 0 Å². The molecule has 2 N–H and O–H groups in total. The van der Waals surface area contributed by atoms with E-state index in [2.05, 4.69) is 10.6 Å². The van der Waals surface area contributed by atoms with Crippen LogP contribution in [-0.4, -0.2) is 11.0 Å². The van der Waals surface area contributed by atoms with Crippen LogP contribution in [0.15, 0.2) is 30.0 Å². The standard InChI is InChI=1S/C11H9ClN2OS/c1-6(7-2-4-8(12)5-3-7)9-10(15)14-11(16)13-9/h2-5H,1H3,(H2,13,14,15,16)/b9-6-. The van der Waals surface area contributed by atoms with Crippen LogP contribution in [0, 0.1) is 0 Å². The number of thiocarbonyl (C=S) groups is 1. The lowest BCUT2D eigenvalue weighted by molar-refractivity contribution is -0.115. The van der Waals surface area contributed by atoms with Crippen LogP contribution >= 0.6 is 23.8 Å². The van der Waals surface area contributed by atoms with E-state index in [1.807, 2.05) is 19.1 Å². The summed E-state index contributed by atoms with van der Waals surface area (Å²) in [6.07, 6.45) is 0. The van der Waals surface area contributed by atoms with E-state index in [-0.39, 0.29) is 5.91 Å². The number of rotatable bonds is 1. The molecule has 1 aromatic rings. The first-order valence-corrected chi connectivity index (χ1v) is 5.45. The Kier molecular flexibility index (Phi) is 2.94. The average molecular weight is 253 g/mol. The highest BCUT2D eigenvalue weighted by atomic mass is 35.5. The molecule has 5 heteroatoms. The lowest BCUT2D eigenvalue weighted by atomic mass is 10.1. The van der Waals surface area contributed by atoms with E-state index in [1.165, 1.54) is 0 Å². The fourth-order valence-electron chi connectivity index (χ4n) is 1.48. The number of nitrogens with one attached hydrogen (secondary N) is 2. The lowest BCUT2D eigenvalue weighted by Crippen LogP contribution is -2.21. The molecular formula is C11H9ClN2OS. The number of amides is 1. The van der Waals surface area contributed by atoms with Crippen molar-refractivity contribution in [1.29, 1.82) is 0 Å². The minimum Gasteiger partial charge on any atom is -0.328 e. The van der Waals surface area contributed by atoms with Gasteiger partial charge in [-0.3, -0.25) is 10.1 Å². The zero-order valence-electron chi connectivity index (χ0n) is 8.50. The number of halogens is 1. The summed E-state index contributed by atoms with van der Waals surface area (Å²) in [5.41, 5.74) is 2.27. The van der Waals surface area contributed by atoms with Crippen LogP contribution in [0.25, 0.3) is 5.57 Å². The van der Waals surface area contributed by atoms with Gasteiger partial charge in [0.25, 0.3) is 5.91 Å². The third-order valence-electron chi connectivity index (χ3n) is 2.34. The van der Waals surface area contributed by atoms with Crippen molar-refractivity contribution in [3.8, 4) is 0 Å². The molecule has 1 aliphatic rings. The highest BCUT2D eigenvalue weighted by Crippen LogP contribution is 2.20. The first-order valence-electron chi connectivity index (χ1n) is 4.67. The third kappa shape index (κ3) is 2.08. The molecule has 1 fully saturated rings. The van der Waals surface area contributed by atoms with Crippen molar-refractivity contribution in [1.82, 2.24) is 10.6 Å². The molecule has 0 aliphatic carbocycles. The van der Waals surface area contributed by atoms with Gasteiger partial charge in [-0.2, -0.15) is 0 Å². The summed E-state index contributed by atoms with van der Waals surface area (Å²) in [7, 11) is 0. The molecule has 0 spiro atoms. The molecule has 2 rings (SSSR count). The normalized spacial score (nSPS) is 18.1. The number of hydrogen-bond acceptors (Lipinski definition) is 2. The fraction of sp³-hybridized carbons (Fsp3) is 0.0909. The zero-order valence-corrected chi connectivity index (χ0v) is 10.1. The quantitative estimate of drug-likeness (QED) is 0.594. The van der Waals surface area contributed by atoms with Crippen molar-refractivity contribution in [2.75, 3.05) is 0 Å². The SMILES string of the molecule is C/C(=C1/NC(=S)NC1=O)c1ccc(Cl)cc1. The summed E-state index contributed by atoms with van der Waals surface area (Å²) >= 11 is 10.7.